The van der Waals surface area contributed by atoms with Crippen molar-refractivity contribution in [2.24, 2.45) is 0 Å². The van der Waals surface area contributed by atoms with E-state index in [2.05, 4.69) is 4.98 Å². The standard InChI is InChI=1S/C19H18N4O6S/c1-29-12-2-11-21-17(24)20-18(25)22(19(21)26)13-3-7-15(8-4-13)30-16-9-5-14(6-10-16)23(27)28/h3-10H,2,11-12H2,1H3,(H,20,24,25). The number of non-ortho nitro benzene ring substituents is 1. The fourth-order valence-corrected chi connectivity index (χ4v) is 3.55. The Morgan fingerprint density at radius 2 is 1.60 bits per heavy atom. The molecule has 1 heterocycles. The Balaban J connectivity index is 1.86. The van der Waals surface area contributed by atoms with Crippen molar-refractivity contribution < 1.29 is 9.66 Å². The lowest BCUT2D eigenvalue weighted by Crippen LogP contribution is -2.48. The Kier molecular flexibility index (Phi) is 6.65. The first-order valence-electron chi connectivity index (χ1n) is 8.88. The zero-order valence-corrected chi connectivity index (χ0v) is 16.8. The minimum absolute atomic E-state index is 0.00826. The number of benzene rings is 2. The van der Waals surface area contributed by atoms with E-state index >= 15 is 0 Å². The van der Waals surface area contributed by atoms with Crippen LogP contribution in [0.15, 0.2) is 72.7 Å². The maximum atomic E-state index is 12.7. The van der Waals surface area contributed by atoms with Gasteiger partial charge in [0.25, 0.3) is 5.69 Å². The molecule has 30 heavy (non-hydrogen) atoms. The van der Waals surface area contributed by atoms with Gasteiger partial charge in [-0.15, -0.1) is 0 Å². The van der Waals surface area contributed by atoms with Gasteiger partial charge < -0.3 is 4.74 Å². The quantitative estimate of drug-likeness (QED) is 0.328. The number of nitro benzene ring substituents is 1. The number of aromatic amines is 1. The van der Waals surface area contributed by atoms with Crippen molar-refractivity contribution >= 4 is 17.4 Å². The Morgan fingerprint density at radius 1 is 1.00 bits per heavy atom. The van der Waals surface area contributed by atoms with E-state index in [1.807, 2.05) is 0 Å². The van der Waals surface area contributed by atoms with E-state index in [1.165, 1.54) is 31.0 Å². The first kappa shape index (κ1) is 21.3. The van der Waals surface area contributed by atoms with Gasteiger partial charge in [0.05, 0.1) is 10.6 Å². The van der Waals surface area contributed by atoms with Gasteiger partial charge in [0, 0.05) is 42.2 Å². The molecule has 0 saturated carbocycles. The molecule has 1 N–H and O–H groups in total. The van der Waals surface area contributed by atoms with Crippen LogP contribution in [0.25, 0.3) is 5.69 Å². The summed E-state index contributed by atoms with van der Waals surface area (Å²) in [5.41, 5.74) is -1.98. The van der Waals surface area contributed by atoms with Crippen LogP contribution in [0.1, 0.15) is 6.42 Å². The minimum Gasteiger partial charge on any atom is -0.385 e. The second-order valence-corrected chi connectivity index (χ2v) is 7.35. The predicted octanol–water partition coefficient (Wildman–Crippen LogP) is 1.78. The van der Waals surface area contributed by atoms with E-state index in [4.69, 9.17) is 4.74 Å². The van der Waals surface area contributed by atoms with Crippen LogP contribution in [0.3, 0.4) is 0 Å². The third kappa shape index (κ3) is 4.75. The van der Waals surface area contributed by atoms with Crippen LogP contribution in [0, 0.1) is 10.1 Å². The minimum atomic E-state index is -0.816. The first-order valence-corrected chi connectivity index (χ1v) is 9.70. The lowest BCUT2D eigenvalue weighted by Gasteiger charge is -2.09. The highest BCUT2D eigenvalue weighted by Crippen LogP contribution is 2.29. The van der Waals surface area contributed by atoms with Crippen molar-refractivity contribution in [3.8, 4) is 5.69 Å². The number of ether oxygens (including phenoxy) is 1. The molecular formula is C19H18N4O6S. The second-order valence-electron chi connectivity index (χ2n) is 6.20. The largest absolute Gasteiger partial charge is 0.385 e. The number of nitrogens with zero attached hydrogens (tertiary/aromatic N) is 3. The molecule has 0 aliphatic carbocycles. The van der Waals surface area contributed by atoms with Gasteiger partial charge in [0.15, 0.2) is 0 Å². The molecule has 0 saturated heterocycles. The van der Waals surface area contributed by atoms with Crippen LogP contribution in [-0.4, -0.2) is 32.8 Å². The molecule has 10 nitrogen and oxygen atoms in total. The highest BCUT2D eigenvalue weighted by atomic mass is 32.2. The molecule has 0 amide bonds. The molecule has 0 bridgehead atoms. The molecule has 0 radical (unpaired) electrons. The molecular weight excluding hydrogens is 412 g/mol. The number of methoxy groups -OCH3 is 1. The smallest absolute Gasteiger partial charge is 0.340 e. The summed E-state index contributed by atoms with van der Waals surface area (Å²) in [6.07, 6.45) is 0.447. The van der Waals surface area contributed by atoms with Crippen LogP contribution in [-0.2, 0) is 11.3 Å². The van der Waals surface area contributed by atoms with Crippen LogP contribution >= 0.6 is 11.8 Å². The number of hydrogen-bond acceptors (Lipinski definition) is 7. The zero-order chi connectivity index (χ0) is 21.7. The average molecular weight is 430 g/mol. The van der Waals surface area contributed by atoms with Crippen molar-refractivity contribution in [1.29, 1.82) is 0 Å². The Bertz CT molecular complexity index is 1210. The van der Waals surface area contributed by atoms with Crippen molar-refractivity contribution in [2.75, 3.05) is 13.7 Å². The van der Waals surface area contributed by atoms with Crippen molar-refractivity contribution in [2.45, 2.75) is 22.8 Å². The van der Waals surface area contributed by atoms with Gasteiger partial charge in [-0.25, -0.2) is 23.5 Å². The van der Waals surface area contributed by atoms with Gasteiger partial charge in [-0.05, 0) is 42.8 Å². The lowest BCUT2D eigenvalue weighted by molar-refractivity contribution is -0.384. The van der Waals surface area contributed by atoms with E-state index in [9.17, 15) is 24.5 Å². The summed E-state index contributed by atoms with van der Waals surface area (Å²) in [5, 5.41) is 10.7. The fourth-order valence-electron chi connectivity index (χ4n) is 2.74. The summed E-state index contributed by atoms with van der Waals surface area (Å²) in [4.78, 5) is 50.9. The van der Waals surface area contributed by atoms with E-state index in [1.54, 1.807) is 36.4 Å². The van der Waals surface area contributed by atoms with E-state index in [0.29, 0.717) is 18.7 Å². The molecule has 1 aromatic heterocycles. The first-order chi connectivity index (χ1) is 14.4. The second kappa shape index (κ2) is 9.37. The Morgan fingerprint density at radius 3 is 2.17 bits per heavy atom. The number of rotatable bonds is 8. The van der Waals surface area contributed by atoms with Crippen LogP contribution in [0.2, 0.25) is 0 Å². The Hall–Kier alpha value is -3.44. The summed E-state index contributed by atoms with van der Waals surface area (Å²) in [6.45, 7) is 0.496. The highest BCUT2D eigenvalue weighted by Gasteiger charge is 2.12. The molecule has 3 rings (SSSR count). The molecule has 0 unspecified atom stereocenters. The third-order valence-electron chi connectivity index (χ3n) is 4.19. The molecule has 2 aromatic carbocycles. The van der Waals surface area contributed by atoms with Crippen LogP contribution in [0.4, 0.5) is 5.69 Å². The molecule has 0 aliphatic rings. The molecule has 0 fully saturated rings. The normalized spacial score (nSPS) is 10.8. The maximum Gasteiger partial charge on any atom is 0.340 e. The van der Waals surface area contributed by atoms with Gasteiger partial charge in [-0.1, -0.05) is 11.8 Å². The zero-order valence-electron chi connectivity index (χ0n) is 15.9. The van der Waals surface area contributed by atoms with E-state index in [-0.39, 0.29) is 12.2 Å². The number of aromatic nitrogens is 3. The van der Waals surface area contributed by atoms with Crippen molar-refractivity contribution in [3.05, 3.63) is 90.1 Å². The van der Waals surface area contributed by atoms with Gasteiger partial charge in [-0.2, -0.15) is 0 Å². The highest BCUT2D eigenvalue weighted by molar-refractivity contribution is 7.99. The van der Waals surface area contributed by atoms with Gasteiger partial charge >= 0.3 is 17.1 Å². The molecule has 3 aromatic rings. The SMILES string of the molecule is COCCCn1c(=O)[nH]c(=O)n(-c2ccc(Sc3ccc([N+](=O)[O-])cc3)cc2)c1=O. The van der Waals surface area contributed by atoms with Gasteiger partial charge in [-0.3, -0.25) is 15.1 Å². The van der Waals surface area contributed by atoms with Crippen LogP contribution in [0.5, 0.6) is 0 Å². The summed E-state index contributed by atoms with van der Waals surface area (Å²) in [6, 6.07) is 12.7. The van der Waals surface area contributed by atoms with E-state index < -0.39 is 22.0 Å². The number of H-pyrrole nitrogens is 1. The summed E-state index contributed by atoms with van der Waals surface area (Å²) in [7, 11) is 1.52. The predicted molar refractivity (Wildman–Crippen MR) is 111 cm³/mol. The number of nitro groups is 1. The summed E-state index contributed by atoms with van der Waals surface area (Å²) < 4.78 is 6.79. The lowest BCUT2D eigenvalue weighted by atomic mass is 10.3. The monoisotopic (exact) mass is 430 g/mol. The number of hydrogen-bond donors (Lipinski definition) is 1. The molecule has 0 aliphatic heterocycles. The Labute approximate surface area is 173 Å². The van der Waals surface area contributed by atoms with Gasteiger partial charge in [0.1, 0.15) is 0 Å². The van der Waals surface area contributed by atoms with E-state index in [0.717, 1.165) is 18.9 Å². The summed E-state index contributed by atoms with van der Waals surface area (Å²) >= 11 is 1.37. The molecule has 0 atom stereocenters. The van der Waals surface area contributed by atoms with Gasteiger partial charge in [0.2, 0.25) is 0 Å². The van der Waals surface area contributed by atoms with Crippen molar-refractivity contribution in [1.82, 2.24) is 14.1 Å². The summed E-state index contributed by atoms with van der Waals surface area (Å²) in [5.74, 6) is 0. The average Bonchev–Trinajstić information content (AvgIpc) is 2.72. The van der Waals surface area contributed by atoms with Crippen LogP contribution < -0.4 is 17.1 Å². The molecule has 0 spiro atoms. The molecule has 156 valence electrons. The third-order valence-corrected chi connectivity index (χ3v) is 5.21. The fraction of sp³-hybridized carbons (Fsp3) is 0.211. The van der Waals surface area contributed by atoms with Crippen molar-refractivity contribution in [3.63, 3.8) is 0 Å². The number of nitrogens with one attached hydrogen (secondary N) is 1. The molecule has 11 heteroatoms. The maximum absolute atomic E-state index is 12.7. The topological polar surface area (TPSA) is 129 Å².